The second-order valence-electron chi connectivity index (χ2n) is 10.2. The Morgan fingerprint density at radius 3 is 2.72 bits per heavy atom. The molecule has 1 saturated heterocycles. The molecule has 1 amide bonds. The van der Waals surface area contributed by atoms with Gasteiger partial charge in [-0.25, -0.2) is 14.5 Å². The number of methoxy groups -OCH3 is 1. The minimum Gasteiger partial charge on any atom is -0.481 e. The lowest BCUT2D eigenvalue weighted by Crippen LogP contribution is -2.42. The highest BCUT2D eigenvalue weighted by Gasteiger charge is 2.32. The molecule has 3 N–H and O–H groups in total. The zero-order valence-electron chi connectivity index (χ0n) is 21.1. The Morgan fingerprint density at radius 2 is 1.97 bits per heavy atom. The van der Waals surface area contributed by atoms with Crippen molar-refractivity contribution in [2.45, 2.75) is 76.2 Å². The van der Waals surface area contributed by atoms with Crippen LogP contribution in [0.4, 0.5) is 5.82 Å². The van der Waals surface area contributed by atoms with E-state index in [0.29, 0.717) is 11.4 Å². The SMILES string of the molecule is COc1cc(-c2ccc3c(N)nc(C(=O)N[C@H]4CC[C@H](OC5CCOC(C)(C)C5)CC4)nn23)ccn1. The van der Waals surface area contributed by atoms with Crippen molar-refractivity contribution in [1.82, 2.24) is 24.9 Å². The van der Waals surface area contributed by atoms with Crippen molar-refractivity contribution in [3.05, 3.63) is 36.3 Å². The first kappa shape index (κ1) is 24.5. The van der Waals surface area contributed by atoms with E-state index in [2.05, 4.69) is 34.2 Å². The van der Waals surface area contributed by atoms with Gasteiger partial charge in [-0.1, -0.05) is 0 Å². The molecule has 3 aromatic heterocycles. The number of nitrogens with zero attached hydrogens (tertiary/aromatic N) is 4. The molecule has 1 atom stereocenters. The van der Waals surface area contributed by atoms with Crippen molar-refractivity contribution >= 4 is 17.2 Å². The van der Waals surface area contributed by atoms with Crippen molar-refractivity contribution in [3.63, 3.8) is 0 Å². The maximum atomic E-state index is 13.1. The number of carbonyl (C=O) groups is 1. The summed E-state index contributed by atoms with van der Waals surface area (Å²) < 4.78 is 19.1. The average Bonchev–Trinajstić information content (AvgIpc) is 3.29. The number of nitrogen functional groups attached to an aromatic ring is 1. The summed E-state index contributed by atoms with van der Waals surface area (Å²) in [6, 6.07) is 7.43. The van der Waals surface area contributed by atoms with E-state index in [4.69, 9.17) is 19.9 Å². The molecule has 10 heteroatoms. The molecule has 10 nitrogen and oxygen atoms in total. The molecule has 0 aromatic carbocycles. The molecule has 1 saturated carbocycles. The van der Waals surface area contributed by atoms with E-state index in [9.17, 15) is 4.79 Å². The highest BCUT2D eigenvalue weighted by molar-refractivity contribution is 5.91. The third-order valence-corrected chi connectivity index (χ3v) is 7.03. The highest BCUT2D eigenvalue weighted by Crippen LogP contribution is 2.30. The second-order valence-corrected chi connectivity index (χ2v) is 10.2. The number of pyridine rings is 1. The molecule has 2 aliphatic rings. The van der Waals surface area contributed by atoms with E-state index < -0.39 is 0 Å². The average molecular weight is 495 g/mol. The van der Waals surface area contributed by atoms with Crippen LogP contribution in [0, 0.1) is 0 Å². The Labute approximate surface area is 210 Å². The summed E-state index contributed by atoms with van der Waals surface area (Å²) in [4.78, 5) is 21.5. The third-order valence-electron chi connectivity index (χ3n) is 7.03. The number of hydrogen-bond acceptors (Lipinski definition) is 8. The van der Waals surface area contributed by atoms with Crippen molar-refractivity contribution in [3.8, 4) is 17.1 Å². The molecular weight excluding hydrogens is 460 g/mol. The molecular formula is C26H34N6O4. The highest BCUT2D eigenvalue weighted by atomic mass is 16.5. The number of aromatic nitrogens is 4. The fraction of sp³-hybridized carbons (Fsp3) is 0.538. The van der Waals surface area contributed by atoms with Gasteiger partial charge in [-0.15, -0.1) is 5.10 Å². The Balaban J connectivity index is 1.23. The van der Waals surface area contributed by atoms with Gasteiger partial charge in [0.15, 0.2) is 5.82 Å². The maximum Gasteiger partial charge on any atom is 0.291 e. The number of carbonyl (C=O) groups excluding carboxylic acids is 1. The van der Waals surface area contributed by atoms with Gasteiger partial charge in [0.25, 0.3) is 5.91 Å². The molecule has 192 valence electrons. The summed E-state index contributed by atoms with van der Waals surface area (Å²) in [5.41, 5.74) is 8.30. The fourth-order valence-electron chi connectivity index (χ4n) is 5.17. The first-order valence-electron chi connectivity index (χ1n) is 12.6. The lowest BCUT2D eigenvalue weighted by atomic mass is 9.91. The third kappa shape index (κ3) is 5.29. The molecule has 0 spiro atoms. The number of rotatable bonds is 6. The molecule has 0 radical (unpaired) electrons. The fourth-order valence-corrected chi connectivity index (χ4v) is 5.17. The van der Waals surface area contributed by atoms with E-state index in [0.717, 1.165) is 56.4 Å². The molecule has 36 heavy (non-hydrogen) atoms. The zero-order valence-corrected chi connectivity index (χ0v) is 21.1. The van der Waals surface area contributed by atoms with Gasteiger partial charge in [0.2, 0.25) is 11.7 Å². The molecule has 5 rings (SSSR count). The summed E-state index contributed by atoms with van der Waals surface area (Å²) in [5.74, 6) is 0.453. The molecule has 1 aliphatic heterocycles. The largest absolute Gasteiger partial charge is 0.481 e. The van der Waals surface area contributed by atoms with Gasteiger partial charge in [-0.3, -0.25) is 4.79 Å². The maximum absolute atomic E-state index is 13.1. The van der Waals surface area contributed by atoms with E-state index in [1.807, 2.05) is 24.3 Å². The van der Waals surface area contributed by atoms with Crippen LogP contribution in [0.3, 0.4) is 0 Å². The summed E-state index contributed by atoms with van der Waals surface area (Å²) in [5, 5.41) is 7.61. The van der Waals surface area contributed by atoms with Crippen LogP contribution in [-0.2, 0) is 9.47 Å². The van der Waals surface area contributed by atoms with Crippen LogP contribution >= 0.6 is 0 Å². The minimum absolute atomic E-state index is 0.0429. The standard InChI is InChI=1S/C26H34N6O4/c1-26(2)15-19(11-13-35-26)36-18-6-4-17(5-7-18)29-25(33)24-30-23(27)21-9-8-20(32(21)31-24)16-10-12-28-22(14-16)34-3/h8-10,12,14,17-19H,4-7,11,13,15H2,1-3H3,(H,29,33)(H2,27,30,31)/t17-,18-,19?. The normalized spacial score (nSPS) is 23.9. The van der Waals surface area contributed by atoms with E-state index in [1.165, 1.54) is 0 Å². The molecule has 2 fully saturated rings. The summed E-state index contributed by atoms with van der Waals surface area (Å²) in [6.45, 7) is 4.98. The Hall–Kier alpha value is -3.24. The number of fused-ring (bicyclic) bond motifs is 1. The van der Waals surface area contributed by atoms with E-state index in [1.54, 1.807) is 17.8 Å². The Kier molecular flexibility index (Phi) is 6.81. The monoisotopic (exact) mass is 494 g/mol. The predicted octanol–water partition coefficient (Wildman–Crippen LogP) is 3.40. The summed E-state index contributed by atoms with van der Waals surface area (Å²) in [6.07, 6.45) is 7.51. The van der Waals surface area contributed by atoms with Crippen molar-refractivity contribution in [2.24, 2.45) is 0 Å². The van der Waals surface area contributed by atoms with Gasteiger partial charge in [0.1, 0.15) is 5.52 Å². The lowest BCUT2D eigenvalue weighted by Gasteiger charge is -2.38. The predicted molar refractivity (Wildman–Crippen MR) is 135 cm³/mol. The second kappa shape index (κ2) is 10.0. The number of ether oxygens (including phenoxy) is 3. The van der Waals surface area contributed by atoms with Crippen LogP contribution in [0.2, 0.25) is 0 Å². The van der Waals surface area contributed by atoms with E-state index in [-0.39, 0.29) is 41.4 Å². The number of anilines is 1. The Morgan fingerprint density at radius 1 is 1.17 bits per heavy atom. The molecule has 1 aliphatic carbocycles. The minimum atomic E-state index is -0.328. The van der Waals surface area contributed by atoms with Gasteiger partial charge in [0.05, 0.1) is 30.6 Å². The first-order chi connectivity index (χ1) is 17.3. The lowest BCUT2D eigenvalue weighted by molar-refractivity contribution is -0.137. The van der Waals surface area contributed by atoms with Crippen LogP contribution in [0.1, 0.15) is 63.0 Å². The van der Waals surface area contributed by atoms with Crippen LogP contribution in [0.25, 0.3) is 16.8 Å². The number of amides is 1. The quantitative estimate of drug-likeness (QED) is 0.534. The van der Waals surface area contributed by atoms with Gasteiger partial charge in [-0.05, 0) is 64.2 Å². The number of hydrogen-bond donors (Lipinski definition) is 2. The molecule has 3 aromatic rings. The molecule has 4 heterocycles. The molecule has 0 bridgehead atoms. The van der Waals surface area contributed by atoms with Gasteiger partial charge >= 0.3 is 0 Å². The van der Waals surface area contributed by atoms with Crippen molar-refractivity contribution in [1.29, 1.82) is 0 Å². The Bertz CT molecular complexity index is 1230. The van der Waals surface area contributed by atoms with Crippen LogP contribution in [-0.4, -0.2) is 63.1 Å². The van der Waals surface area contributed by atoms with Gasteiger partial charge < -0.3 is 25.3 Å². The van der Waals surface area contributed by atoms with E-state index >= 15 is 0 Å². The van der Waals surface area contributed by atoms with Gasteiger partial charge in [0, 0.05) is 36.9 Å². The number of nitrogens with one attached hydrogen (secondary N) is 1. The smallest absolute Gasteiger partial charge is 0.291 e. The summed E-state index contributed by atoms with van der Waals surface area (Å²) >= 11 is 0. The van der Waals surface area contributed by atoms with Gasteiger partial charge in [-0.2, -0.15) is 0 Å². The topological polar surface area (TPSA) is 126 Å². The zero-order chi connectivity index (χ0) is 25.3. The van der Waals surface area contributed by atoms with Crippen molar-refractivity contribution < 1.29 is 19.0 Å². The van der Waals surface area contributed by atoms with Crippen LogP contribution < -0.4 is 15.8 Å². The molecule has 1 unspecified atom stereocenters. The summed E-state index contributed by atoms with van der Waals surface area (Å²) in [7, 11) is 1.57. The first-order valence-corrected chi connectivity index (χ1v) is 12.6. The van der Waals surface area contributed by atoms with Crippen LogP contribution in [0.5, 0.6) is 5.88 Å². The number of nitrogens with two attached hydrogens (primary N) is 1. The van der Waals surface area contributed by atoms with Crippen LogP contribution in [0.15, 0.2) is 30.5 Å². The van der Waals surface area contributed by atoms with Crippen molar-refractivity contribution in [2.75, 3.05) is 19.5 Å².